The van der Waals surface area contributed by atoms with E-state index in [-0.39, 0.29) is 29.6 Å². The van der Waals surface area contributed by atoms with Crippen molar-refractivity contribution in [2.75, 3.05) is 13.1 Å². The van der Waals surface area contributed by atoms with Crippen LogP contribution in [0.2, 0.25) is 5.02 Å². The molecule has 2 aromatic carbocycles. The van der Waals surface area contributed by atoms with Crippen molar-refractivity contribution in [1.82, 2.24) is 4.90 Å². The first-order chi connectivity index (χ1) is 14.9. The molecule has 1 heterocycles. The summed E-state index contributed by atoms with van der Waals surface area (Å²) in [5.41, 5.74) is 6.03. The van der Waals surface area contributed by atoms with Crippen LogP contribution in [0.1, 0.15) is 49.9 Å². The normalized spacial score (nSPS) is 18.6. The molecule has 1 unspecified atom stereocenters. The van der Waals surface area contributed by atoms with E-state index in [4.69, 9.17) is 22.1 Å². The second-order valence-corrected chi connectivity index (χ2v) is 9.42. The maximum absolute atomic E-state index is 13.2. The Morgan fingerprint density at radius 3 is 2.38 bits per heavy atom. The number of aryl methyl sites for hydroxylation is 1. The molecule has 1 atom stereocenters. The Morgan fingerprint density at radius 1 is 1.22 bits per heavy atom. The number of benzene rings is 2. The number of amides is 2. The van der Waals surface area contributed by atoms with Crippen LogP contribution in [0.4, 0.5) is 4.79 Å². The Labute approximate surface area is 192 Å². The first kappa shape index (κ1) is 23.7. The molecule has 7 nitrogen and oxygen atoms in total. The van der Waals surface area contributed by atoms with Crippen LogP contribution in [0.25, 0.3) is 0 Å². The lowest BCUT2D eigenvalue weighted by Crippen LogP contribution is -2.52. The first-order valence-corrected chi connectivity index (χ1v) is 10.9. The fourth-order valence-electron chi connectivity index (χ4n) is 4.15. The predicted molar refractivity (Wildman–Crippen MR) is 122 cm³/mol. The van der Waals surface area contributed by atoms with Gasteiger partial charge in [0.1, 0.15) is 22.5 Å². The number of phenolic OH excluding ortho intramolecular Hbond substituents is 2. The summed E-state index contributed by atoms with van der Waals surface area (Å²) < 4.78 is 5.57. The van der Waals surface area contributed by atoms with E-state index in [2.05, 4.69) is 0 Å². The molecule has 2 amide bonds. The molecular formula is C24H29ClN2O5. The molecule has 32 heavy (non-hydrogen) atoms. The third kappa shape index (κ3) is 4.21. The quantitative estimate of drug-likeness (QED) is 0.643. The van der Waals surface area contributed by atoms with Gasteiger partial charge in [-0.2, -0.15) is 0 Å². The molecule has 0 radical (unpaired) electrons. The van der Waals surface area contributed by atoms with Gasteiger partial charge in [0.05, 0.1) is 5.02 Å². The van der Waals surface area contributed by atoms with Gasteiger partial charge in [-0.1, -0.05) is 36.7 Å². The van der Waals surface area contributed by atoms with Gasteiger partial charge in [-0.25, -0.2) is 4.79 Å². The maximum Gasteiger partial charge on any atom is 0.410 e. The number of carbonyl (C=O) groups is 2. The Kier molecular flexibility index (Phi) is 6.33. The van der Waals surface area contributed by atoms with Gasteiger partial charge in [0.15, 0.2) is 0 Å². The summed E-state index contributed by atoms with van der Waals surface area (Å²) in [5.74, 6) is -0.685. The Balaban J connectivity index is 2.30. The van der Waals surface area contributed by atoms with Crippen LogP contribution in [-0.2, 0) is 27.8 Å². The van der Waals surface area contributed by atoms with Gasteiger partial charge >= 0.3 is 6.09 Å². The van der Waals surface area contributed by atoms with Crippen LogP contribution in [0, 0.1) is 0 Å². The SMILES string of the molecule is CCc1cc2c(c(Cl)c1O)CCN(C(=O)OC(C)(C)C)CC2(C(N)=O)c1ccc(O)cc1. The van der Waals surface area contributed by atoms with Crippen molar-refractivity contribution in [3.8, 4) is 11.5 Å². The van der Waals surface area contributed by atoms with E-state index in [9.17, 15) is 19.8 Å². The van der Waals surface area contributed by atoms with Gasteiger partial charge < -0.3 is 25.6 Å². The number of hydrogen-bond acceptors (Lipinski definition) is 5. The van der Waals surface area contributed by atoms with Crippen LogP contribution in [0.3, 0.4) is 0 Å². The van der Waals surface area contributed by atoms with Gasteiger partial charge in [0.2, 0.25) is 5.91 Å². The number of nitrogens with two attached hydrogens (primary N) is 1. The van der Waals surface area contributed by atoms with E-state index in [1.165, 1.54) is 17.0 Å². The number of ether oxygens (including phenoxy) is 1. The van der Waals surface area contributed by atoms with Gasteiger partial charge in [-0.15, -0.1) is 0 Å². The number of aromatic hydroxyl groups is 2. The number of fused-ring (bicyclic) bond motifs is 1. The van der Waals surface area contributed by atoms with Crippen molar-refractivity contribution in [3.63, 3.8) is 0 Å². The zero-order valence-corrected chi connectivity index (χ0v) is 19.5. The molecule has 0 fully saturated rings. The molecule has 1 aliphatic rings. The zero-order valence-electron chi connectivity index (χ0n) is 18.7. The van der Waals surface area contributed by atoms with Crippen LogP contribution in [0.5, 0.6) is 11.5 Å². The Morgan fingerprint density at radius 2 is 1.84 bits per heavy atom. The largest absolute Gasteiger partial charge is 0.508 e. The fourth-order valence-corrected chi connectivity index (χ4v) is 4.47. The summed E-state index contributed by atoms with van der Waals surface area (Å²) in [6, 6.07) is 7.88. The number of halogens is 1. The van der Waals surface area contributed by atoms with Crippen LogP contribution in [0.15, 0.2) is 30.3 Å². The van der Waals surface area contributed by atoms with E-state index in [1.54, 1.807) is 39.0 Å². The predicted octanol–water partition coefficient (Wildman–Crippen LogP) is 3.88. The van der Waals surface area contributed by atoms with E-state index in [0.29, 0.717) is 35.1 Å². The van der Waals surface area contributed by atoms with E-state index < -0.39 is 23.0 Å². The lowest BCUT2D eigenvalue weighted by Gasteiger charge is -2.36. The highest BCUT2D eigenvalue weighted by molar-refractivity contribution is 6.33. The molecular weight excluding hydrogens is 432 g/mol. The second kappa shape index (κ2) is 8.54. The van der Waals surface area contributed by atoms with Crippen molar-refractivity contribution in [1.29, 1.82) is 0 Å². The first-order valence-electron chi connectivity index (χ1n) is 10.5. The van der Waals surface area contributed by atoms with Crippen molar-refractivity contribution >= 4 is 23.6 Å². The Hall–Kier alpha value is -2.93. The molecule has 0 aromatic heterocycles. The van der Waals surface area contributed by atoms with E-state index >= 15 is 0 Å². The van der Waals surface area contributed by atoms with Gasteiger partial charge in [0.25, 0.3) is 0 Å². The fraction of sp³-hybridized carbons (Fsp3) is 0.417. The minimum absolute atomic E-state index is 0.0317. The molecule has 0 aliphatic carbocycles. The molecule has 8 heteroatoms. The number of rotatable bonds is 3. The highest BCUT2D eigenvalue weighted by Crippen LogP contribution is 2.44. The van der Waals surface area contributed by atoms with E-state index in [1.807, 2.05) is 6.92 Å². The number of phenols is 2. The molecule has 0 saturated carbocycles. The molecule has 2 aromatic rings. The summed E-state index contributed by atoms with van der Waals surface area (Å²) >= 11 is 6.57. The lowest BCUT2D eigenvalue weighted by molar-refractivity contribution is -0.122. The van der Waals surface area contributed by atoms with Crippen LogP contribution in [-0.4, -0.2) is 45.8 Å². The average molecular weight is 461 g/mol. The average Bonchev–Trinajstić information content (AvgIpc) is 2.88. The molecule has 4 N–H and O–H groups in total. The summed E-state index contributed by atoms with van der Waals surface area (Å²) in [4.78, 5) is 27.7. The topological polar surface area (TPSA) is 113 Å². The number of nitrogens with zero attached hydrogens (tertiary/aromatic N) is 1. The van der Waals surface area contributed by atoms with Crippen molar-refractivity contribution < 1.29 is 24.5 Å². The molecule has 3 rings (SSSR count). The number of carbonyl (C=O) groups excluding carboxylic acids is 2. The maximum atomic E-state index is 13.2. The number of hydrogen-bond donors (Lipinski definition) is 3. The minimum Gasteiger partial charge on any atom is -0.508 e. The number of primary amides is 1. The highest BCUT2D eigenvalue weighted by Gasteiger charge is 2.47. The molecule has 0 bridgehead atoms. The minimum atomic E-state index is -1.46. The monoisotopic (exact) mass is 460 g/mol. The highest BCUT2D eigenvalue weighted by atomic mass is 35.5. The standard InChI is InChI=1S/C24H29ClN2O5/c1-5-14-12-18-17(19(25)20(14)29)10-11-27(22(31)32-23(2,3)4)13-24(18,21(26)30)15-6-8-16(28)9-7-15/h6-9,12,28-29H,5,10-11,13H2,1-4H3,(H2,26,30). The van der Waals surface area contributed by atoms with Crippen LogP contribution < -0.4 is 5.73 Å². The second-order valence-electron chi connectivity index (χ2n) is 9.05. The lowest BCUT2D eigenvalue weighted by atomic mass is 9.71. The molecule has 0 saturated heterocycles. The molecule has 0 spiro atoms. The van der Waals surface area contributed by atoms with Gasteiger partial charge in [-0.3, -0.25) is 4.79 Å². The molecule has 172 valence electrons. The summed E-state index contributed by atoms with van der Waals surface area (Å²) in [6.07, 6.45) is 0.211. The zero-order chi connectivity index (χ0) is 23.8. The van der Waals surface area contributed by atoms with Crippen molar-refractivity contribution in [3.05, 3.63) is 57.6 Å². The van der Waals surface area contributed by atoms with E-state index in [0.717, 1.165) is 0 Å². The van der Waals surface area contributed by atoms with Gasteiger partial charge in [-0.05, 0) is 68.0 Å². The molecule has 1 aliphatic heterocycles. The smallest absolute Gasteiger partial charge is 0.410 e. The van der Waals surface area contributed by atoms with Crippen molar-refractivity contribution in [2.24, 2.45) is 5.73 Å². The summed E-state index contributed by atoms with van der Waals surface area (Å²) in [7, 11) is 0. The summed E-state index contributed by atoms with van der Waals surface area (Å²) in [6.45, 7) is 7.32. The third-order valence-electron chi connectivity index (χ3n) is 5.75. The van der Waals surface area contributed by atoms with Gasteiger partial charge in [0, 0.05) is 13.1 Å². The van der Waals surface area contributed by atoms with Crippen LogP contribution >= 0.6 is 11.6 Å². The Bertz CT molecular complexity index is 1050. The summed E-state index contributed by atoms with van der Waals surface area (Å²) in [5, 5.41) is 20.6. The third-order valence-corrected chi connectivity index (χ3v) is 6.16. The van der Waals surface area contributed by atoms with Crippen molar-refractivity contribution in [2.45, 2.75) is 51.6 Å².